The van der Waals surface area contributed by atoms with Gasteiger partial charge in [0.2, 0.25) is 0 Å². The van der Waals surface area contributed by atoms with Gasteiger partial charge in [-0.15, -0.1) is 0 Å². The lowest BCUT2D eigenvalue weighted by atomic mass is 10.0. The Morgan fingerprint density at radius 2 is 2.07 bits per heavy atom. The van der Waals surface area contributed by atoms with Crippen molar-refractivity contribution >= 4 is 22.6 Å². The number of esters is 1. The molecule has 1 saturated heterocycles. The maximum atomic E-state index is 13.3. The summed E-state index contributed by atoms with van der Waals surface area (Å²) in [5.74, 6) is -0.650. The Balaban J connectivity index is 2.18. The third-order valence-corrected chi connectivity index (χ3v) is 5.12. The van der Waals surface area contributed by atoms with Gasteiger partial charge in [-0.25, -0.2) is 4.79 Å². The van der Waals surface area contributed by atoms with Crippen LogP contribution in [0.3, 0.4) is 0 Å². The van der Waals surface area contributed by atoms with Gasteiger partial charge in [0.25, 0.3) is 0 Å². The van der Waals surface area contributed by atoms with E-state index < -0.39 is 30.7 Å². The predicted octanol–water partition coefficient (Wildman–Crippen LogP) is 3.53. The van der Waals surface area contributed by atoms with Gasteiger partial charge in [0, 0.05) is 24.5 Å². The van der Waals surface area contributed by atoms with Crippen LogP contribution in [0.4, 0.5) is 18.9 Å². The topological polar surface area (TPSA) is 62.7 Å². The summed E-state index contributed by atoms with van der Waals surface area (Å²) in [6, 6.07) is 3.58. The molecule has 146 valence electrons. The highest BCUT2D eigenvalue weighted by atomic mass is 19.4. The van der Waals surface area contributed by atoms with Crippen LogP contribution in [0.2, 0.25) is 0 Å². The number of rotatable bonds is 3. The number of hydrogen-bond acceptors (Lipinski definition) is 5. The molecule has 5 nitrogen and oxygen atoms in total. The van der Waals surface area contributed by atoms with Crippen LogP contribution in [0.25, 0.3) is 10.9 Å². The smallest absolute Gasteiger partial charge is 0.418 e. The summed E-state index contributed by atoms with van der Waals surface area (Å²) in [7, 11) is 0. The quantitative estimate of drug-likeness (QED) is 0.823. The summed E-state index contributed by atoms with van der Waals surface area (Å²) >= 11 is 0. The van der Waals surface area contributed by atoms with E-state index in [4.69, 9.17) is 4.74 Å². The molecule has 3 rings (SSSR count). The van der Waals surface area contributed by atoms with Gasteiger partial charge in [-0.3, -0.25) is 4.98 Å². The number of aryl methyl sites for hydroxylation is 2. The second-order valence-electron chi connectivity index (χ2n) is 6.85. The molecule has 1 fully saturated rings. The number of aromatic nitrogens is 1. The molecule has 1 aliphatic rings. The Labute approximate surface area is 154 Å². The van der Waals surface area contributed by atoms with Crippen LogP contribution in [-0.4, -0.2) is 47.5 Å². The highest BCUT2D eigenvalue weighted by Crippen LogP contribution is 2.42. The number of nitrogens with zero attached hydrogens (tertiary/aromatic N) is 2. The fourth-order valence-corrected chi connectivity index (χ4v) is 3.41. The normalized spacial score (nSPS) is 20.3. The first-order chi connectivity index (χ1) is 12.6. The summed E-state index contributed by atoms with van der Waals surface area (Å²) in [5.41, 5.74) is 0.0857. The van der Waals surface area contributed by atoms with Crippen LogP contribution in [0.15, 0.2) is 18.3 Å². The number of anilines is 1. The zero-order chi connectivity index (χ0) is 20.0. The van der Waals surface area contributed by atoms with Crippen LogP contribution >= 0.6 is 0 Å². The number of fused-ring (bicyclic) bond motifs is 1. The number of β-amino-alcohol motifs (C(OH)–C–C–N with tert-alkyl or cyclic N) is 1. The molecule has 0 spiro atoms. The Bertz CT molecular complexity index is 898. The largest absolute Gasteiger partial charge is 0.462 e. The fourth-order valence-electron chi connectivity index (χ4n) is 3.41. The van der Waals surface area contributed by atoms with Crippen LogP contribution in [0.1, 0.15) is 34.8 Å². The molecular weight excluding hydrogens is 361 g/mol. The molecule has 0 amide bonds. The number of alkyl halides is 3. The lowest BCUT2D eigenvalue weighted by molar-refractivity contribution is -0.250. The van der Waals surface area contributed by atoms with Crippen molar-refractivity contribution in [2.45, 2.75) is 39.0 Å². The first-order valence-corrected chi connectivity index (χ1v) is 8.69. The molecule has 2 heterocycles. The zero-order valence-corrected chi connectivity index (χ0v) is 15.4. The van der Waals surface area contributed by atoms with E-state index >= 15 is 0 Å². The molecule has 27 heavy (non-hydrogen) atoms. The van der Waals surface area contributed by atoms with Gasteiger partial charge in [-0.2, -0.15) is 13.2 Å². The summed E-state index contributed by atoms with van der Waals surface area (Å²) in [6.07, 6.45) is -3.87. The van der Waals surface area contributed by atoms with Gasteiger partial charge >= 0.3 is 12.1 Å². The maximum absolute atomic E-state index is 13.3. The van der Waals surface area contributed by atoms with Gasteiger partial charge in [0.1, 0.15) is 5.56 Å². The van der Waals surface area contributed by atoms with Crippen LogP contribution < -0.4 is 4.90 Å². The monoisotopic (exact) mass is 382 g/mol. The molecule has 8 heteroatoms. The molecule has 1 aliphatic heterocycles. The van der Waals surface area contributed by atoms with Crippen molar-refractivity contribution in [2.75, 3.05) is 24.6 Å². The van der Waals surface area contributed by atoms with Crippen molar-refractivity contribution in [3.63, 3.8) is 0 Å². The number of halogens is 3. The minimum absolute atomic E-state index is 0.0333. The lowest BCUT2D eigenvalue weighted by Gasteiger charge is -2.28. The Kier molecular flexibility index (Phi) is 4.80. The predicted molar refractivity (Wildman–Crippen MR) is 95.0 cm³/mol. The van der Waals surface area contributed by atoms with Crippen molar-refractivity contribution in [3.05, 3.63) is 35.0 Å². The highest BCUT2D eigenvalue weighted by Gasteiger charge is 2.57. The maximum Gasteiger partial charge on any atom is 0.418 e. The fraction of sp³-hybridized carbons (Fsp3) is 0.474. The molecule has 1 atom stereocenters. The number of ether oxygens (including phenoxy) is 1. The third kappa shape index (κ3) is 3.22. The van der Waals surface area contributed by atoms with Crippen molar-refractivity contribution in [1.82, 2.24) is 4.98 Å². The average Bonchev–Trinajstić information content (AvgIpc) is 3.00. The van der Waals surface area contributed by atoms with Crippen LogP contribution in [-0.2, 0) is 4.74 Å². The van der Waals surface area contributed by atoms with E-state index in [0.29, 0.717) is 16.6 Å². The number of pyridine rings is 1. The first kappa shape index (κ1) is 19.4. The van der Waals surface area contributed by atoms with E-state index in [9.17, 15) is 23.1 Å². The molecule has 1 N–H and O–H groups in total. The summed E-state index contributed by atoms with van der Waals surface area (Å²) in [6.45, 7) is 4.89. The summed E-state index contributed by atoms with van der Waals surface area (Å²) < 4.78 is 44.9. The van der Waals surface area contributed by atoms with Crippen molar-refractivity contribution < 1.29 is 27.8 Å². The first-order valence-electron chi connectivity index (χ1n) is 8.69. The van der Waals surface area contributed by atoms with Crippen LogP contribution in [0, 0.1) is 13.8 Å². The van der Waals surface area contributed by atoms with E-state index in [2.05, 4.69) is 4.98 Å². The number of carbonyl (C=O) groups is 1. The van der Waals surface area contributed by atoms with Gasteiger partial charge in [0.05, 0.1) is 24.4 Å². The van der Waals surface area contributed by atoms with Crippen LogP contribution in [0.5, 0.6) is 0 Å². The molecule has 0 bridgehead atoms. The van der Waals surface area contributed by atoms with Gasteiger partial charge in [-0.1, -0.05) is 12.1 Å². The SMILES string of the molecule is CCOC(=O)c1cnc2c(C)c(C)ccc2c1N1CCC(O)(C(F)(F)F)C1. The van der Waals surface area contributed by atoms with Crippen molar-refractivity contribution in [3.8, 4) is 0 Å². The number of benzene rings is 1. The van der Waals surface area contributed by atoms with E-state index in [1.54, 1.807) is 13.0 Å². The highest BCUT2D eigenvalue weighted by molar-refractivity contribution is 6.06. The molecule has 0 saturated carbocycles. The lowest BCUT2D eigenvalue weighted by Crippen LogP contribution is -2.47. The number of hydrogen-bond donors (Lipinski definition) is 1. The third-order valence-electron chi connectivity index (χ3n) is 5.12. The Morgan fingerprint density at radius 3 is 2.67 bits per heavy atom. The number of aliphatic hydroxyl groups is 1. The molecule has 1 aromatic heterocycles. The molecule has 0 aliphatic carbocycles. The minimum atomic E-state index is -4.75. The molecule has 1 aromatic carbocycles. The standard InChI is InChI=1S/C19H21F3N2O3/c1-4-27-17(25)14-9-23-15-12(3)11(2)5-6-13(15)16(14)24-8-7-18(26,10-24)19(20,21)22/h5-6,9,26H,4,7-8,10H2,1-3H3. The van der Waals surface area contributed by atoms with Gasteiger partial charge < -0.3 is 14.7 Å². The van der Waals surface area contributed by atoms with E-state index in [-0.39, 0.29) is 18.7 Å². The van der Waals surface area contributed by atoms with Crippen molar-refractivity contribution in [1.29, 1.82) is 0 Å². The second-order valence-corrected chi connectivity index (χ2v) is 6.85. The number of carbonyl (C=O) groups excluding carboxylic acids is 1. The van der Waals surface area contributed by atoms with Gasteiger partial charge in [0.15, 0.2) is 5.60 Å². The molecule has 1 unspecified atom stereocenters. The molecule has 2 aromatic rings. The molecule has 0 radical (unpaired) electrons. The van der Waals surface area contributed by atoms with E-state index in [1.807, 2.05) is 19.9 Å². The summed E-state index contributed by atoms with van der Waals surface area (Å²) in [4.78, 5) is 18.2. The zero-order valence-electron chi connectivity index (χ0n) is 15.4. The summed E-state index contributed by atoms with van der Waals surface area (Å²) in [5, 5.41) is 10.6. The Hall–Kier alpha value is -2.35. The van der Waals surface area contributed by atoms with E-state index in [0.717, 1.165) is 11.1 Å². The van der Waals surface area contributed by atoms with E-state index in [1.165, 1.54) is 11.1 Å². The minimum Gasteiger partial charge on any atom is -0.462 e. The van der Waals surface area contributed by atoms with Gasteiger partial charge in [-0.05, 0) is 31.9 Å². The van der Waals surface area contributed by atoms with Crippen molar-refractivity contribution in [2.24, 2.45) is 0 Å². The average molecular weight is 382 g/mol. The second kappa shape index (κ2) is 6.67. The Morgan fingerprint density at radius 1 is 1.37 bits per heavy atom. The molecular formula is C19H21F3N2O3.